The first-order valence-corrected chi connectivity index (χ1v) is 8.59. The van der Waals surface area contributed by atoms with Gasteiger partial charge in [0.05, 0.1) is 5.25 Å². The number of nitrogen functional groups attached to an aromatic ring is 1. The van der Waals surface area contributed by atoms with Gasteiger partial charge in [-0.15, -0.1) is 0 Å². The third kappa shape index (κ3) is 4.38. The lowest BCUT2D eigenvalue weighted by Gasteiger charge is -2.22. The Labute approximate surface area is 120 Å². The van der Waals surface area contributed by atoms with E-state index in [2.05, 4.69) is 4.72 Å². The van der Waals surface area contributed by atoms with E-state index in [0.717, 1.165) is 32.1 Å². The molecule has 1 aliphatic carbocycles. The number of benzene rings is 1. The molecule has 6 heteroatoms. The number of nitrogens with two attached hydrogens (primary N) is 1. The molecule has 20 heavy (non-hydrogen) atoms. The topological polar surface area (TPSA) is 81.4 Å². The molecule has 0 aliphatic heterocycles. The van der Waals surface area contributed by atoms with Gasteiger partial charge in [0.1, 0.15) is 12.4 Å². The molecule has 0 spiro atoms. The Morgan fingerprint density at radius 1 is 1.25 bits per heavy atom. The molecule has 1 saturated carbocycles. The summed E-state index contributed by atoms with van der Waals surface area (Å²) in [5, 5.41) is -0.233. The van der Waals surface area contributed by atoms with Crippen molar-refractivity contribution >= 4 is 15.7 Å². The quantitative estimate of drug-likeness (QED) is 0.621. The van der Waals surface area contributed by atoms with Crippen LogP contribution in [0.1, 0.15) is 32.1 Å². The number of hydrogen-bond donors (Lipinski definition) is 2. The number of nitrogens with one attached hydrogen (secondary N) is 1. The fraction of sp³-hybridized carbons (Fsp3) is 0.571. The van der Waals surface area contributed by atoms with E-state index in [-0.39, 0.29) is 11.8 Å². The van der Waals surface area contributed by atoms with Crippen molar-refractivity contribution in [2.45, 2.75) is 37.4 Å². The Morgan fingerprint density at radius 2 is 2.00 bits per heavy atom. The highest BCUT2D eigenvalue weighted by Gasteiger charge is 2.26. The standard InChI is InChI=1S/C14H22N2O3S/c15-12-5-4-6-13(11-12)19-10-9-16-20(17,18)14-7-2-1-3-8-14/h4-6,11,14,16H,1-3,7-10,15H2. The fourth-order valence-corrected chi connectivity index (χ4v) is 4.01. The molecule has 1 aromatic rings. The summed E-state index contributed by atoms with van der Waals surface area (Å²) in [6.45, 7) is 0.586. The lowest BCUT2D eigenvalue weighted by atomic mass is 10.0. The van der Waals surface area contributed by atoms with Crippen LogP contribution >= 0.6 is 0 Å². The molecule has 1 aromatic carbocycles. The second-order valence-corrected chi connectivity index (χ2v) is 7.17. The van der Waals surface area contributed by atoms with Gasteiger partial charge in [-0.2, -0.15) is 0 Å². The molecule has 1 aliphatic rings. The molecule has 0 atom stereocenters. The predicted molar refractivity (Wildman–Crippen MR) is 80.1 cm³/mol. The first-order chi connectivity index (χ1) is 9.58. The molecule has 0 amide bonds. The van der Waals surface area contributed by atoms with Gasteiger partial charge in [-0.3, -0.25) is 0 Å². The van der Waals surface area contributed by atoms with E-state index in [1.165, 1.54) is 0 Å². The average Bonchev–Trinajstić information content (AvgIpc) is 2.45. The van der Waals surface area contributed by atoms with E-state index in [9.17, 15) is 8.42 Å². The second kappa shape index (κ2) is 6.95. The smallest absolute Gasteiger partial charge is 0.214 e. The minimum atomic E-state index is -3.20. The van der Waals surface area contributed by atoms with Crippen LogP contribution in [0.2, 0.25) is 0 Å². The number of hydrogen-bond acceptors (Lipinski definition) is 4. The highest BCUT2D eigenvalue weighted by molar-refractivity contribution is 7.90. The maximum absolute atomic E-state index is 12.1. The van der Waals surface area contributed by atoms with Crippen LogP contribution in [0.15, 0.2) is 24.3 Å². The van der Waals surface area contributed by atoms with Crippen molar-refractivity contribution < 1.29 is 13.2 Å². The summed E-state index contributed by atoms with van der Waals surface area (Å²) in [5.41, 5.74) is 6.27. The summed E-state index contributed by atoms with van der Waals surface area (Å²) < 4.78 is 32.2. The molecule has 2 rings (SSSR count). The van der Waals surface area contributed by atoms with Gasteiger partial charge in [-0.05, 0) is 25.0 Å². The van der Waals surface area contributed by atoms with Crippen molar-refractivity contribution in [3.63, 3.8) is 0 Å². The molecule has 0 aromatic heterocycles. The Bertz CT molecular complexity index is 525. The molecule has 0 heterocycles. The van der Waals surface area contributed by atoms with E-state index in [1.54, 1.807) is 24.3 Å². The van der Waals surface area contributed by atoms with Crippen LogP contribution in [0.4, 0.5) is 5.69 Å². The van der Waals surface area contributed by atoms with Gasteiger partial charge < -0.3 is 10.5 Å². The van der Waals surface area contributed by atoms with Crippen molar-refractivity contribution in [3.05, 3.63) is 24.3 Å². The summed E-state index contributed by atoms with van der Waals surface area (Å²) in [7, 11) is -3.20. The highest BCUT2D eigenvalue weighted by Crippen LogP contribution is 2.22. The van der Waals surface area contributed by atoms with E-state index in [1.807, 2.05) is 0 Å². The highest BCUT2D eigenvalue weighted by atomic mass is 32.2. The van der Waals surface area contributed by atoms with Crippen LogP contribution in [0.3, 0.4) is 0 Å². The largest absolute Gasteiger partial charge is 0.492 e. The molecule has 0 saturated heterocycles. The van der Waals surface area contributed by atoms with Gasteiger partial charge in [0.25, 0.3) is 0 Å². The first kappa shape index (κ1) is 15.1. The van der Waals surface area contributed by atoms with Gasteiger partial charge in [0.15, 0.2) is 0 Å². The molecule has 112 valence electrons. The lowest BCUT2D eigenvalue weighted by molar-refractivity contribution is 0.322. The molecule has 1 fully saturated rings. The summed E-state index contributed by atoms with van der Waals surface area (Å²) >= 11 is 0. The molecular weight excluding hydrogens is 276 g/mol. The SMILES string of the molecule is Nc1cccc(OCCNS(=O)(=O)C2CCCCC2)c1. The van der Waals surface area contributed by atoms with Crippen molar-refractivity contribution in [3.8, 4) is 5.75 Å². The van der Waals surface area contributed by atoms with Crippen molar-refractivity contribution in [2.75, 3.05) is 18.9 Å². The Morgan fingerprint density at radius 3 is 2.70 bits per heavy atom. The van der Waals surface area contributed by atoms with Gasteiger partial charge in [-0.25, -0.2) is 13.1 Å². The van der Waals surface area contributed by atoms with E-state index in [4.69, 9.17) is 10.5 Å². The van der Waals surface area contributed by atoms with E-state index >= 15 is 0 Å². The minimum absolute atomic E-state index is 0.233. The fourth-order valence-electron chi connectivity index (χ4n) is 2.45. The molecular formula is C14H22N2O3S. The Hall–Kier alpha value is -1.27. The first-order valence-electron chi connectivity index (χ1n) is 7.05. The van der Waals surface area contributed by atoms with Crippen LogP contribution in [-0.2, 0) is 10.0 Å². The van der Waals surface area contributed by atoms with Crippen LogP contribution in [0, 0.1) is 0 Å². The summed E-state index contributed by atoms with van der Waals surface area (Å²) in [6.07, 6.45) is 4.69. The molecule has 0 radical (unpaired) electrons. The van der Waals surface area contributed by atoms with Crippen molar-refractivity contribution in [1.29, 1.82) is 0 Å². The van der Waals surface area contributed by atoms with Crippen molar-refractivity contribution in [2.24, 2.45) is 0 Å². The number of sulfonamides is 1. The Balaban J connectivity index is 1.75. The van der Waals surface area contributed by atoms with E-state index in [0.29, 0.717) is 18.0 Å². The van der Waals surface area contributed by atoms with Crippen LogP contribution in [-0.4, -0.2) is 26.8 Å². The zero-order valence-corrected chi connectivity index (χ0v) is 12.4. The number of rotatable bonds is 6. The van der Waals surface area contributed by atoms with Gasteiger partial charge in [0, 0.05) is 18.3 Å². The average molecular weight is 298 g/mol. The number of ether oxygens (including phenoxy) is 1. The van der Waals surface area contributed by atoms with Gasteiger partial charge in [-0.1, -0.05) is 25.3 Å². The van der Waals surface area contributed by atoms with Crippen LogP contribution in [0.25, 0.3) is 0 Å². The van der Waals surface area contributed by atoms with Crippen LogP contribution in [0.5, 0.6) is 5.75 Å². The third-order valence-electron chi connectivity index (χ3n) is 3.52. The molecule has 0 unspecified atom stereocenters. The molecule has 0 bridgehead atoms. The maximum Gasteiger partial charge on any atom is 0.214 e. The van der Waals surface area contributed by atoms with Crippen molar-refractivity contribution in [1.82, 2.24) is 4.72 Å². The normalized spacial score (nSPS) is 17.0. The van der Waals surface area contributed by atoms with Gasteiger partial charge in [0.2, 0.25) is 10.0 Å². The summed E-state index contributed by atoms with van der Waals surface area (Å²) in [4.78, 5) is 0. The summed E-state index contributed by atoms with van der Waals surface area (Å²) in [6, 6.07) is 7.09. The van der Waals surface area contributed by atoms with Crippen LogP contribution < -0.4 is 15.2 Å². The Kier molecular flexibility index (Phi) is 5.25. The minimum Gasteiger partial charge on any atom is -0.492 e. The predicted octanol–water partition coefficient (Wildman–Crippen LogP) is 1.90. The lowest BCUT2D eigenvalue weighted by Crippen LogP contribution is -2.37. The van der Waals surface area contributed by atoms with Gasteiger partial charge >= 0.3 is 0 Å². The third-order valence-corrected chi connectivity index (χ3v) is 5.48. The second-order valence-electron chi connectivity index (χ2n) is 5.12. The zero-order valence-electron chi connectivity index (χ0n) is 11.5. The monoisotopic (exact) mass is 298 g/mol. The summed E-state index contributed by atoms with van der Waals surface area (Å²) in [5.74, 6) is 0.655. The zero-order chi connectivity index (χ0) is 14.4. The molecule has 3 N–H and O–H groups in total. The number of anilines is 1. The maximum atomic E-state index is 12.1. The molecule has 5 nitrogen and oxygen atoms in total. The van der Waals surface area contributed by atoms with E-state index < -0.39 is 10.0 Å².